The van der Waals surface area contributed by atoms with E-state index in [9.17, 15) is 9.59 Å². The minimum atomic E-state index is -0.375. The number of thioether (sulfide) groups is 1. The van der Waals surface area contributed by atoms with Crippen molar-refractivity contribution < 1.29 is 14.3 Å². The number of hydrogen-bond acceptors (Lipinski definition) is 5. The van der Waals surface area contributed by atoms with E-state index < -0.39 is 0 Å². The number of carbonyl (C=O) groups is 2. The number of ether oxygens (including phenoxy) is 1. The second kappa shape index (κ2) is 8.86. The predicted molar refractivity (Wildman–Crippen MR) is 107 cm³/mol. The van der Waals surface area contributed by atoms with Crippen molar-refractivity contribution in [2.24, 2.45) is 0 Å². The first kappa shape index (κ1) is 19.2. The van der Waals surface area contributed by atoms with Crippen molar-refractivity contribution in [3.05, 3.63) is 65.6 Å². The number of nitrogens with zero attached hydrogens (tertiary/aromatic N) is 2. The largest absolute Gasteiger partial charge is 0.465 e. The van der Waals surface area contributed by atoms with Crippen molar-refractivity contribution in [3.8, 4) is 0 Å². The van der Waals surface area contributed by atoms with Crippen LogP contribution >= 0.6 is 11.8 Å². The number of carbonyl (C=O) groups excluding carboxylic acids is 2. The van der Waals surface area contributed by atoms with E-state index in [1.807, 2.05) is 12.3 Å². The Morgan fingerprint density at radius 1 is 1.26 bits per heavy atom. The van der Waals surface area contributed by atoms with Gasteiger partial charge >= 0.3 is 5.97 Å². The minimum absolute atomic E-state index is 0.137. The minimum Gasteiger partial charge on any atom is -0.465 e. The average molecular weight is 382 g/mol. The van der Waals surface area contributed by atoms with E-state index >= 15 is 0 Å². The third-order valence-electron chi connectivity index (χ3n) is 4.35. The fourth-order valence-corrected chi connectivity index (χ4v) is 3.87. The smallest absolute Gasteiger partial charge is 0.337 e. The number of methoxy groups -OCH3 is 1. The van der Waals surface area contributed by atoms with Gasteiger partial charge in [0.25, 0.3) is 0 Å². The van der Waals surface area contributed by atoms with Gasteiger partial charge in [0, 0.05) is 13.0 Å². The second-order valence-corrected chi connectivity index (χ2v) is 7.18. The number of Topliss-reactive ketones (excluding diaryl/α,β-unsaturated/α-hetero) is 1. The molecule has 3 rings (SSSR count). The van der Waals surface area contributed by atoms with E-state index in [1.54, 1.807) is 24.3 Å². The van der Waals surface area contributed by atoms with Gasteiger partial charge in [-0.2, -0.15) is 0 Å². The molecule has 0 saturated carbocycles. The van der Waals surface area contributed by atoms with Crippen LogP contribution in [0.3, 0.4) is 0 Å². The van der Waals surface area contributed by atoms with Gasteiger partial charge in [-0.15, -0.1) is 0 Å². The zero-order chi connectivity index (χ0) is 19.2. The molecule has 0 saturated heterocycles. The van der Waals surface area contributed by atoms with E-state index in [0.717, 1.165) is 29.4 Å². The Morgan fingerprint density at radius 3 is 2.67 bits per heavy atom. The van der Waals surface area contributed by atoms with Crippen LogP contribution in [0.2, 0.25) is 0 Å². The van der Waals surface area contributed by atoms with Crippen LogP contribution in [0.1, 0.15) is 35.1 Å². The number of rotatable bonds is 8. The van der Waals surface area contributed by atoms with Gasteiger partial charge in [-0.3, -0.25) is 4.79 Å². The van der Waals surface area contributed by atoms with Crippen molar-refractivity contribution in [2.45, 2.75) is 31.3 Å². The molecule has 1 aromatic heterocycles. The zero-order valence-corrected chi connectivity index (χ0v) is 16.3. The Labute approximate surface area is 163 Å². The first-order valence-electron chi connectivity index (χ1n) is 8.85. The molecule has 0 bridgehead atoms. The Morgan fingerprint density at radius 2 is 2.04 bits per heavy atom. The van der Waals surface area contributed by atoms with Crippen molar-refractivity contribution in [3.63, 3.8) is 0 Å². The third kappa shape index (κ3) is 4.57. The summed E-state index contributed by atoms with van der Waals surface area (Å²) in [6, 6.07) is 6.96. The highest BCUT2D eigenvalue weighted by Crippen LogP contribution is 2.27. The number of imidazole rings is 1. The van der Waals surface area contributed by atoms with Crippen LogP contribution in [-0.2, 0) is 22.5 Å². The summed E-state index contributed by atoms with van der Waals surface area (Å²) in [7, 11) is 1.35. The molecular formula is C21H22N2O3S. The monoisotopic (exact) mass is 382 g/mol. The molecule has 2 aromatic rings. The molecule has 140 valence electrons. The summed E-state index contributed by atoms with van der Waals surface area (Å²) in [5, 5.41) is 1.01. The lowest BCUT2D eigenvalue weighted by molar-refractivity contribution is -0.116. The van der Waals surface area contributed by atoms with Crippen LogP contribution in [-0.4, -0.2) is 34.2 Å². The topological polar surface area (TPSA) is 61.2 Å². The summed E-state index contributed by atoms with van der Waals surface area (Å²) < 4.78 is 6.83. The summed E-state index contributed by atoms with van der Waals surface area (Å²) in [6.07, 6.45) is 9.35. The van der Waals surface area contributed by atoms with E-state index in [-0.39, 0.29) is 11.8 Å². The fraction of sp³-hybridized carbons (Fsp3) is 0.286. The molecule has 0 atom stereocenters. The molecule has 0 fully saturated rings. The van der Waals surface area contributed by atoms with Gasteiger partial charge in [-0.1, -0.05) is 42.1 Å². The number of benzene rings is 1. The van der Waals surface area contributed by atoms with E-state index in [2.05, 4.69) is 33.4 Å². The highest BCUT2D eigenvalue weighted by molar-refractivity contribution is 7.99. The molecule has 1 aliphatic rings. The Bertz CT molecular complexity index is 895. The van der Waals surface area contributed by atoms with Crippen molar-refractivity contribution in [1.29, 1.82) is 0 Å². The fourth-order valence-electron chi connectivity index (χ4n) is 2.96. The highest BCUT2D eigenvalue weighted by Gasteiger charge is 2.15. The lowest BCUT2D eigenvalue weighted by atomic mass is 10.1. The number of esters is 1. The molecule has 0 unspecified atom stereocenters. The quantitative estimate of drug-likeness (QED) is 0.511. The van der Waals surface area contributed by atoms with Crippen LogP contribution < -0.4 is 0 Å². The van der Waals surface area contributed by atoms with Crippen LogP contribution in [0.4, 0.5) is 0 Å². The van der Waals surface area contributed by atoms with Gasteiger partial charge < -0.3 is 9.30 Å². The van der Waals surface area contributed by atoms with Gasteiger partial charge in [0.05, 0.1) is 29.6 Å². The number of allylic oxidation sites excluding steroid dienone is 4. The molecule has 1 heterocycles. The standard InChI is InChI=1S/C21H22N2O3S/c1-3-23-19(13-22-20(23)16-6-4-5-7-16)27-14-18(24)12-15-8-10-17(11-9-15)21(25)26-2/h4-6,8-11,13H,3,7,12,14H2,1-2H3. The third-order valence-corrected chi connectivity index (χ3v) is 5.44. The maximum absolute atomic E-state index is 12.4. The van der Waals surface area contributed by atoms with E-state index in [1.165, 1.54) is 24.4 Å². The maximum Gasteiger partial charge on any atom is 0.337 e. The summed E-state index contributed by atoms with van der Waals surface area (Å²) in [4.78, 5) is 28.4. The van der Waals surface area contributed by atoms with E-state index in [4.69, 9.17) is 0 Å². The molecule has 0 spiro atoms. The SMILES string of the molecule is CCn1c(SCC(=O)Cc2ccc(C(=O)OC)cc2)cnc1C1=CC=CC1. The van der Waals surface area contributed by atoms with Crippen LogP contribution in [0.5, 0.6) is 0 Å². The first-order chi connectivity index (χ1) is 13.1. The van der Waals surface area contributed by atoms with Crippen molar-refractivity contribution in [2.75, 3.05) is 12.9 Å². The Balaban J connectivity index is 1.58. The first-order valence-corrected chi connectivity index (χ1v) is 9.84. The molecule has 0 aliphatic heterocycles. The summed E-state index contributed by atoms with van der Waals surface area (Å²) in [5.74, 6) is 1.13. The molecule has 6 heteroatoms. The number of hydrogen-bond donors (Lipinski definition) is 0. The normalized spacial score (nSPS) is 12.9. The van der Waals surface area contributed by atoms with Gasteiger partial charge in [0.15, 0.2) is 0 Å². The number of ketones is 1. The van der Waals surface area contributed by atoms with Crippen LogP contribution in [0.15, 0.2) is 53.7 Å². The molecule has 27 heavy (non-hydrogen) atoms. The Kier molecular flexibility index (Phi) is 6.29. The van der Waals surface area contributed by atoms with Gasteiger partial charge in [-0.05, 0) is 36.6 Å². The lowest BCUT2D eigenvalue weighted by Gasteiger charge is -2.09. The van der Waals surface area contributed by atoms with Crippen molar-refractivity contribution >= 4 is 29.1 Å². The molecule has 1 aliphatic carbocycles. The maximum atomic E-state index is 12.4. The second-order valence-electron chi connectivity index (χ2n) is 6.18. The predicted octanol–water partition coefficient (Wildman–Crippen LogP) is 3.94. The highest BCUT2D eigenvalue weighted by atomic mass is 32.2. The van der Waals surface area contributed by atoms with Gasteiger partial charge in [0.1, 0.15) is 11.6 Å². The van der Waals surface area contributed by atoms with E-state index in [0.29, 0.717) is 17.7 Å². The summed E-state index contributed by atoms with van der Waals surface area (Å²) in [6.45, 7) is 2.90. The molecule has 0 N–H and O–H groups in total. The molecule has 0 radical (unpaired) electrons. The molecular weight excluding hydrogens is 360 g/mol. The van der Waals surface area contributed by atoms with Crippen molar-refractivity contribution in [1.82, 2.24) is 9.55 Å². The van der Waals surface area contributed by atoms with Gasteiger partial charge in [0.2, 0.25) is 0 Å². The molecule has 0 amide bonds. The lowest BCUT2D eigenvalue weighted by Crippen LogP contribution is -2.08. The van der Waals surface area contributed by atoms with Crippen LogP contribution in [0.25, 0.3) is 5.57 Å². The molecule has 1 aromatic carbocycles. The van der Waals surface area contributed by atoms with Crippen LogP contribution in [0, 0.1) is 0 Å². The summed E-state index contributed by atoms with van der Waals surface area (Å²) in [5.41, 5.74) is 2.58. The molecule has 5 nitrogen and oxygen atoms in total. The summed E-state index contributed by atoms with van der Waals surface area (Å²) >= 11 is 1.52. The van der Waals surface area contributed by atoms with Gasteiger partial charge in [-0.25, -0.2) is 9.78 Å². The average Bonchev–Trinajstić information content (AvgIpc) is 3.35. The Hall–Kier alpha value is -2.60. The number of aromatic nitrogens is 2. The zero-order valence-electron chi connectivity index (χ0n) is 15.5.